The van der Waals surface area contributed by atoms with Gasteiger partial charge < -0.3 is 14.2 Å². The second kappa shape index (κ2) is 7.45. The van der Waals surface area contributed by atoms with Crippen LogP contribution >= 0.6 is 0 Å². The van der Waals surface area contributed by atoms with Gasteiger partial charge in [0, 0.05) is 5.56 Å². The van der Waals surface area contributed by atoms with E-state index in [-0.39, 0.29) is 29.2 Å². The monoisotopic (exact) mass is 331 g/mol. The molecule has 2 rings (SSSR count). The Kier molecular flexibility index (Phi) is 5.36. The molecule has 2 aromatic carbocycles. The first-order chi connectivity index (χ1) is 11.5. The molecule has 0 bridgehead atoms. The molecule has 7 nitrogen and oxygen atoms in total. The first kappa shape index (κ1) is 17.3. The van der Waals surface area contributed by atoms with E-state index in [0.29, 0.717) is 11.3 Å². The Labute approximate surface area is 138 Å². The molecule has 0 spiro atoms. The average molecular weight is 331 g/mol. The van der Waals surface area contributed by atoms with Gasteiger partial charge in [0.2, 0.25) is 0 Å². The van der Waals surface area contributed by atoms with Gasteiger partial charge in [-0.2, -0.15) is 0 Å². The van der Waals surface area contributed by atoms with E-state index in [4.69, 9.17) is 14.2 Å². The van der Waals surface area contributed by atoms with E-state index in [0.717, 1.165) is 0 Å². The lowest BCUT2D eigenvalue weighted by Crippen LogP contribution is -2.07. The van der Waals surface area contributed by atoms with Crippen molar-refractivity contribution in [3.05, 3.63) is 52.1 Å². The van der Waals surface area contributed by atoms with Crippen molar-refractivity contribution in [1.82, 2.24) is 0 Å². The van der Waals surface area contributed by atoms with Gasteiger partial charge in [0.05, 0.1) is 42.9 Å². The number of methoxy groups -OCH3 is 2. The summed E-state index contributed by atoms with van der Waals surface area (Å²) in [6.45, 7) is 1.90. The molecule has 0 saturated heterocycles. The highest BCUT2D eigenvalue weighted by atomic mass is 16.6. The van der Waals surface area contributed by atoms with Crippen molar-refractivity contribution in [2.75, 3.05) is 20.8 Å². The van der Waals surface area contributed by atoms with Gasteiger partial charge in [0.15, 0.2) is 11.5 Å². The van der Waals surface area contributed by atoms with Crippen LogP contribution < -0.4 is 9.47 Å². The van der Waals surface area contributed by atoms with Crippen molar-refractivity contribution < 1.29 is 23.9 Å². The van der Waals surface area contributed by atoms with Gasteiger partial charge >= 0.3 is 5.97 Å². The van der Waals surface area contributed by atoms with Crippen LogP contribution in [0.3, 0.4) is 0 Å². The van der Waals surface area contributed by atoms with E-state index in [9.17, 15) is 14.9 Å². The third-order valence-electron chi connectivity index (χ3n) is 3.41. The molecule has 0 fully saturated rings. The van der Waals surface area contributed by atoms with Crippen LogP contribution in [0.25, 0.3) is 11.1 Å². The maximum Gasteiger partial charge on any atom is 0.338 e. The predicted molar refractivity (Wildman–Crippen MR) is 87.6 cm³/mol. The third-order valence-corrected chi connectivity index (χ3v) is 3.41. The quantitative estimate of drug-likeness (QED) is 0.457. The third kappa shape index (κ3) is 3.29. The molecule has 0 atom stereocenters. The number of carbonyl (C=O) groups is 1. The number of carbonyl (C=O) groups excluding carboxylic acids is 1. The largest absolute Gasteiger partial charge is 0.493 e. The number of ether oxygens (including phenoxy) is 3. The van der Waals surface area contributed by atoms with Gasteiger partial charge in [-0.3, -0.25) is 10.1 Å². The van der Waals surface area contributed by atoms with Crippen LogP contribution in [0.2, 0.25) is 0 Å². The summed E-state index contributed by atoms with van der Waals surface area (Å²) >= 11 is 0. The van der Waals surface area contributed by atoms with Crippen molar-refractivity contribution in [2.24, 2.45) is 0 Å². The number of benzene rings is 2. The molecule has 24 heavy (non-hydrogen) atoms. The summed E-state index contributed by atoms with van der Waals surface area (Å²) in [5.41, 5.74) is 0.698. The van der Waals surface area contributed by atoms with E-state index < -0.39 is 10.9 Å². The zero-order valence-corrected chi connectivity index (χ0v) is 13.6. The molecule has 0 aliphatic heterocycles. The van der Waals surface area contributed by atoms with Crippen molar-refractivity contribution in [3.8, 4) is 22.6 Å². The second-order valence-electron chi connectivity index (χ2n) is 4.75. The molecule has 2 aromatic rings. The Bertz CT molecular complexity index is 772. The number of nitro benzene ring substituents is 1. The minimum Gasteiger partial charge on any atom is -0.493 e. The Morgan fingerprint density at radius 2 is 1.71 bits per heavy atom. The molecule has 0 radical (unpaired) electrons. The van der Waals surface area contributed by atoms with Gasteiger partial charge in [-0.05, 0) is 19.1 Å². The summed E-state index contributed by atoms with van der Waals surface area (Å²) in [5.74, 6) is 0.0236. The second-order valence-corrected chi connectivity index (χ2v) is 4.75. The van der Waals surface area contributed by atoms with Crippen LogP contribution in [-0.2, 0) is 4.74 Å². The van der Waals surface area contributed by atoms with Crippen molar-refractivity contribution >= 4 is 11.7 Å². The van der Waals surface area contributed by atoms with Gasteiger partial charge in [-0.15, -0.1) is 0 Å². The van der Waals surface area contributed by atoms with E-state index in [2.05, 4.69) is 0 Å². The van der Waals surface area contributed by atoms with Crippen LogP contribution in [0.4, 0.5) is 5.69 Å². The molecular weight excluding hydrogens is 314 g/mol. The molecular formula is C17H17NO6. The summed E-state index contributed by atoms with van der Waals surface area (Å²) in [5, 5.41) is 11.5. The number of nitro groups is 1. The fraction of sp³-hybridized carbons (Fsp3) is 0.235. The lowest BCUT2D eigenvalue weighted by molar-refractivity contribution is -0.384. The lowest BCUT2D eigenvalue weighted by atomic mass is 9.97. The first-order valence-corrected chi connectivity index (χ1v) is 7.20. The summed E-state index contributed by atoms with van der Waals surface area (Å²) in [7, 11) is 2.83. The van der Waals surface area contributed by atoms with Crippen LogP contribution in [0, 0.1) is 10.1 Å². The number of hydrogen-bond donors (Lipinski definition) is 0. The fourth-order valence-electron chi connectivity index (χ4n) is 2.34. The average Bonchev–Trinajstić information content (AvgIpc) is 2.60. The van der Waals surface area contributed by atoms with Crippen LogP contribution in [0.15, 0.2) is 36.4 Å². The molecule has 0 aliphatic rings. The van der Waals surface area contributed by atoms with Crippen LogP contribution in [-0.4, -0.2) is 31.7 Å². The molecule has 0 heterocycles. The molecule has 0 amide bonds. The number of rotatable bonds is 6. The zero-order chi connectivity index (χ0) is 17.7. The Balaban J connectivity index is 2.72. The van der Waals surface area contributed by atoms with Gasteiger partial charge in [-0.1, -0.05) is 18.2 Å². The summed E-state index contributed by atoms with van der Waals surface area (Å²) in [6, 6.07) is 9.31. The van der Waals surface area contributed by atoms with E-state index >= 15 is 0 Å². The standard InChI is InChI=1S/C17H17NO6/c1-4-24-17(19)12-8-6-5-7-11(12)13-9-15(22-2)16(23-3)10-14(13)18(20)21/h5-10H,4H2,1-3H3. The number of esters is 1. The maximum atomic E-state index is 12.1. The van der Waals surface area contributed by atoms with Gasteiger partial charge in [0.1, 0.15) is 0 Å². The molecule has 126 valence electrons. The lowest BCUT2D eigenvalue weighted by Gasteiger charge is -2.13. The van der Waals surface area contributed by atoms with Gasteiger partial charge in [-0.25, -0.2) is 4.79 Å². The van der Waals surface area contributed by atoms with E-state index in [1.807, 2.05) is 0 Å². The first-order valence-electron chi connectivity index (χ1n) is 7.20. The normalized spacial score (nSPS) is 10.1. The molecule has 0 N–H and O–H groups in total. The molecule has 7 heteroatoms. The molecule has 0 saturated carbocycles. The Hall–Kier alpha value is -3.09. The predicted octanol–water partition coefficient (Wildman–Crippen LogP) is 3.46. The van der Waals surface area contributed by atoms with Crippen molar-refractivity contribution in [1.29, 1.82) is 0 Å². The molecule has 0 unspecified atom stereocenters. The summed E-state index contributed by atoms with van der Waals surface area (Å²) in [4.78, 5) is 23.1. The van der Waals surface area contributed by atoms with Crippen LogP contribution in [0.1, 0.15) is 17.3 Å². The fourth-order valence-corrected chi connectivity index (χ4v) is 2.34. The molecule has 0 aliphatic carbocycles. The van der Waals surface area contributed by atoms with Crippen molar-refractivity contribution in [3.63, 3.8) is 0 Å². The minimum atomic E-state index is -0.544. The minimum absolute atomic E-state index is 0.190. The Morgan fingerprint density at radius 3 is 2.29 bits per heavy atom. The summed E-state index contributed by atoms with van der Waals surface area (Å²) < 4.78 is 15.4. The molecule has 0 aromatic heterocycles. The number of nitrogens with zero attached hydrogens (tertiary/aromatic N) is 1. The van der Waals surface area contributed by atoms with E-state index in [1.165, 1.54) is 26.4 Å². The topological polar surface area (TPSA) is 87.9 Å². The Morgan fingerprint density at radius 1 is 1.08 bits per heavy atom. The highest BCUT2D eigenvalue weighted by Crippen LogP contribution is 2.41. The number of hydrogen-bond acceptors (Lipinski definition) is 6. The zero-order valence-electron chi connectivity index (χ0n) is 13.6. The van der Waals surface area contributed by atoms with E-state index in [1.54, 1.807) is 31.2 Å². The highest BCUT2D eigenvalue weighted by molar-refractivity contribution is 5.99. The highest BCUT2D eigenvalue weighted by Gasteiger charge is 2.24. The summed E-state index contributed by atoms with van der Waals surface area (Å²) in [6.07, 6.45) is 0. The van der Waals surface area contributed by atoms with Crippen molar-refractivity contribution in [2.45, 2.75) is 6.92 Å². The van der Waals surface area contributed by atoms with Gasteiger partial charge in [0.25, 0.3) is 5.69 Å². The van der Waals surface area contributed by atoms with Crippen LogP contribution in [0.5, 0.6) is 11.5 Å². The SMILES string of the molecule is CCOC(=O)c1ccccc1-c1cc(OC)c(OC)cc1[N+](=O)[O-]. The maximum absolute atomic E-state index is 12.1. The smallest absolute Gasteiger partial charge is 0.338 e.